The molecule has 102 valence electrons. The highest BCUT2D eigenvalue weighted by molar-refractivity contribution is 5.76. The molecule has 0 spiro atoms. The summed E-state index contributed by atoms with van der Waals surface area (Å²) in [4.78, 5) is 27.1. The second-order valence-electron chi connectivity index (χ2n) is 5.20. The third-order valence-electron chi connectivity index (χ3n) is 3.75. The molecule has 0 N–H and O–H groups in total. The summed E-state index contributed by atoms with van der Waals surface area (Å²) < 4.78 is 4.62. The molecule has 2 fully saturated rings. The standard InChI is InChI=1S/C13H22N2O3/c1-18-13(17)4-5-14-6-8-15(9-7-14)12(16)10-11-2-3-11/h11H,2-10H2,1H3. The monoisotopic (exact) mass is 254 g/mol. The highest BCUT2D eigenvalue weighted by Gasteiger charge is 2.28. The van der Waals surface area contributed by atoms with Crippen LogP contribution in [0, 0.1) is 5.92 Å². The average Bonchev–Trinajstić information content (AvgIpc) is 3.20. The van der Waals surface area contributed by atoms with E-state index in [9.17, 15) is 9.59 Å². The van der Waals surface area contributed by atoms with Crippen LogP contribution in [0.1, 0.15) is 25.7 Å². The molecule has 5 heteroatoms. The van der Waals surface area contributed by atoms with Crippen LogP contribution in [0.3, 0.4) is 0 Å². The smallest absolute Gasteiger partial charge is 0.306 e. The fourth-order valence-electron chi connectivity index (χ4n) is 2.27. The first-order valence-electron chi connectivity index (χ1n) is 6.76. The van der Waals surface area contributed by atoms with Crippen LogP contribution in [0.2, 0.25) is 0 Å². The number of hydrogen-bond acceptors (Lipinski definition) is 4. The van der Waals surface area contributed by atoms with Gasteiger partial charge in [0, 0.05) is 39.1 Å². The molecule has 0 radical (unpaired) electrons. The van der Waals surface area contributed by atoms with Crippen LogP contribution in [0.5, 0.6) is 0 Å². The second-order valence-corrected chi connectivity index (χ2v) is 5.20. The van der Waals surface area contributed by atoms with Gasteiger partial charge in [0.25, 0.3) is 0 Å². The summed E-state index contributed by atoms with van der Waals surface area (Å²) in [6.07, 6.45) is 3.63. The third-order valence-corrected chi connectivity index (χ3v) is 3.75. The molecule has 0 aromatic rings. The van der Waals surface area contributed by atoms with Crippen molar-refractivity contribution in [2.75, 3.05) is 39.8 Å². The van der Waals surface area contributed by atoms with Crippen LogP contribution < -0.4 is 0 Å². The van der Waals surface area contributed by atoms with Gasteiger partial charge in [0.2, 0.25) is 5.91 Å². The SMILES string of the molecule is COC(=O)CCN1CCN(C(=O)CC2CC2)CC1. The quantitative estimate of drug-likeness (QED) is 0.670. The number of rotatable bonds is 5. The minimum atomic E-state index is -0.165. The molecule has 0 unspecified atom stereocenters. The molecule has 0 aromatic carbocycles. The zero-order valence-corrected chi connectivity index (χ0v) is 11.1. The lowest BCUT2D eigenvalue weighted by molar-refractivity contribution is -0.141. The Bertz CT molecular complexity index is 307. The van der Waals surface area contributed by atoms with Crippen LogP contribution in [0.4, 0.5) is 0 Å². The van der Waals surface area contributed by atoms with Crippen molar-refractivity contribution in [2.24, 2.45) is 5.92 Å². The number of methoxy groups -OCH3 is 1. The summed E-state index contributed by atoms with van der Waals surface area (Å²) in [5, 5.41) is 0. The number of hydrogen-bond donors (Lipinski definition) is 0. The van der Waals surface area contributed by atoms with Crippen LogP contribution in [0.25, 0.3) is 0 Å². The Morgan fingerprint density at radius 3 is 2.39 bits per heavy atom. The predicted molar refractivity (Wildman–Crippen MR) is 67.0 cm³/mol. The summed E-state index contributed by atoms with van der Waals surface area (Å²) >= 11 is 0. The van der Waals surface area contributed by atoms with E-state index in [-0.39, 0.29) is 5.97 Å². The van der Waals surface area contributed by atoms with Crippen molar-refractivity contribution in [1.82, 2.24) is 9.80 Å². The molecule has 0 aromatic heterocycles. The Labute approximate surface area is 108 Å². The van der Waals surface area contributed by atoms with Crippen molar-refractivity contribution in [3.63, 3.8) is 0 Å². The molecule has 1 saturated heterocycles. The van der Waals surface area contributed by atoms with Crippen molar-refractivity contribution in [2.45, 2.75) is 25.7 Å². The zero-order valence-electron chi connectivity index (χ0n) is 11.1. The lowest BCUT2D eigenvalue weighted by atomic mass is 10.2. The molecule has 0 atom stereocenters. The molecule has 1 aliphatic heterocycles. The van der Waals surface area contributed by atoms with Crippen LogP contribution >= 0.6 is 0 Å². The minimum Gasteiger partial charge on any atom is -0.469 e. The van der Waals surface area contributed by atoms with Crippen molar-refractivity contribution >= 4 is 11.9 Å². The Balaban J connectivity index is 1.64. The largest absolute Gasteiger partial charge is 0.469 e. The lowest BCUT2D eigenvalue weighted by Gasteiger charge is -2.34. The molecule has 2 aliphatic rings. The van der Waals surface area contributed by atoms with Crippen LogP contribution in [-0.4, -0.2) is 61.5 Å². The van der Waals surface area contributed by atoms with Crippen LogP contribution in [-0.2, 0) is 14.3 Å². The number of ether oxygens (including phenoxy) is 1. The maximum absolute atomic E-state index is 11.9. The predicted octanol–water partition coefficient (Wildman–Crippen LogP) is 0.494. The molecule has 2 rings (SSSR count). The Kier molecular flexibility index (Phi) is 4.58. The van der Waals surface area contributed by atoms with Gasteiger partial charge in [-0.15, -0.1) is 0 Å². The summed E-state index contributed by atoms with van der Waals surface area (Å²) in [6, 6.07) is 0. The summed E-state index contributed by atoms with van der Waals surface area (Å²) in [5.74, 6) is 0.808. The highest BCUT2D eigenvalue weighted by Crippen LogP contribution is 2.32. The maximum atomic E-state index is 11.9. The van der Waals surface area contributed by atoms with E-state index in [0.717, 1.165) is 39.1 Å². The Morgan fingerprint density at radius 2 is 1.83 bits per heavy atom. The van der Waals surface area contributed by atoms with Gasteiger partial charge in [0.15, 0.2) is 0 Å². The average molecular weight is 254 g/mol. The summed E-state index contributed by atoms with van der Waals surface area (Å²) in [7, 11) is 1.41. The minimum absolute atomic E-state index is 0.165. The van der Waals surface area contributed by atoms with Gasteiger partial charge < -0.3 is 9.64 Å². The maximum Gasteiger partial charge on any atom is 0.306 e. The fraction of sp³-hybridized carbons (Fsp3) is 0.846. The second kappa shape index (κ2) is 6.18. The van der Waals surface area contributed by atoms with Gasteiger partial charge in [-0.1, -0.05) is 0 Å². The normalized spacial score (nSPS) is 20.8. The van der Waals surface area contributed by atoms with Gasteiger partial charge in [-0.3, -0.25) is 14.5 Å². The van der Waals surface area contributed by atoms with Crippen molar-refractivity contribution < 1.29 is 14.3 Å². The van der Waals surface area contributed by atoms with Gasteiger partial charge in [-0.25, -0.2) is 0 Å². The fourth-order valence-corrected chi connectivity index (χ4v) is 2.27. The first-order valence-corrected chi connectivity index (χ1v) is 6.76. The molecular weight excluding hydrogens is 232 g/mol. The first-order chi connectivity index (χ1) is 8.69. The number of piperazine rings is 1. The van der Waals surface area contributed by atoms with Gasteiger partial charge >= 0.3 is 5.97 Å². The van der Waals surface area contributed by atoms with Gasteiger partial charge in [0.1, 0.15) is 0 Å². The molecule has 1 amide bonds. The highest BCUT2D eigenvalue weighted by atomic mass is 16.5. The topological polar surface area (TPSA) is 49.9 Å². The Hall–Kier alpha value is -1.10. The number of carbonyl (C=O) groups is 2. The summed E-state index contributed by atoms with van der Waals surface area (Å²) in [6.45, 7) is 4.07. The van der Waals surface area contributed by atoms with E-state index in [1.54, 1.807) is 0 Å². The number of amides is 1. The molecule has 1 heterocycles. The molecule has 0 bridgehead atoms. The van der Waals surface area contributed by atoms with Gasteiger partial charge in [0.05, 0.1) is 13.5 Å². The molecule has 18 heavy (non-hydrogen) atoms. The van der Waals surface area contributed by atoms with E-state index in [2.05, 4.69) is 9.64 Å². The van der Waals surface area contributed by atoms with Crippen molar-refractivity contribution in [3.8, 4) is 0 Å². The Morgan fingerprint density at radius 1 is 1.17 bits per heavy atom. The van der Waals surface area contributed by atoms with Gasteiger partial charge in [-0.2, -0.15) is 0 Å². The third kappa shape index (κ3) is 3.98. The molecule has 1 aliphatic carbocycles. The zero-order chi connectivity index (χ0) is 13.0. The lowest BCUT2D eigenvalue weighted by Crippen LogP contribution is -2.49. The molecular formula is C13H22N2O3. The van der Waals surface area contributed by atoms with E-state index in [4.69, 9.17) is 0 Å². The van der Waals surface area contributed by atoms with Crippen LogP contribution in [0.15, 0.2) is 0 Å². The molecule has 5 nitrogen and oxygen atoms in total. The number of carbonyl (C=O) groups excluding carboxylic acids is 2. The number of esters is 1. The van der Waals surface area contributed by atoms with Crippen molar-refractivity contribution in [3.05, 3.63) is 0 Å². The van der Waals surface area contributed by atoms with E-state index in [1.165, 1.54) is 20.0 Å². The van der Waals surface area contributed by atoms with Crippen molar-refractivity contribution in [1.29, 1.82) is 0 Å². The van der Waals surface area contributed by atoms with E-state index >= 15 is 0 Å². The first kappa shape index (κ1) is 13.3. The number of nitrogens with zero attached hydrogens (tertiary/aromatic N) is 2. The van der Waals surface area contributed by atoms with Gasteiger partial charge in [-0.05, 0) is 18.8 Å². The van der Waals surface area contributed by atoms with E-state index < -0.39 is 0 Å². The van der Waals surface area contributed by atoms with E-state index in [1.807, 2.05) is 4.90 Å². The summed E-state index contributed by atoms with van der Waals surface area (Å²) in [5.41, 5.74) is 0. The van der Waals surface area contributed by atoms with E-state index in [0.29, 0.717) is 18.2 Å². The molecule has 1 saturated carbocycles.